The fourth-order valence-corrected chi connectivity index (χ4v) is 2.60. The van der Waals surface area contributed by atoms with Crippen molar-refractivity contribution in [2.75, 3.05) is 25.2 Å². The Kier molecular flexibility index (Phi) is 4.51. The van der Waals surface area contributed by atoms with E-state index in [-0.39, 0.29) is 6.54 Å². The normalized spacial score (nSPS) is 11.8. The fourth-order valence-electron chi connectivity index (χ4n) is 2.25. The molecule has 1 aromatic carbocycles. The Morgan fingerprint density at radius 1 is 1.32 bits per heavy atom. The first-order valence-corrected chi connectivity index (χ1v) is 9.29. The van der Waals surface area contributed by atoms with E-state index in [1.54, 1.807) is 24.4 Å². The molecule has 0 radical (unpaired) electrons. The summed E-state index contributed by atoms with van der Waals surface area (Å²) in [6.07, 6.45) is 6.42. The number of nitrogens with zero attached hydrogens (tertiary/aromatic N) is 4. The van der Waals surface area contributed by atoms with Gasteiger partial charge in [-0.3, -0.25) is 9.20 Å². The Morgan fingerprint density at radius 2 is 2.12 bits per heavy atom. The first-order chi connectivity index (χ1) is 11.8. The van der Waals surface area contributed by atoms with Crippen molar-refractivity contribution in [2.45, 2.75) is 0 Å². The van der Waals surface area contributed by atoms with Gasteiger partial charge in [-0.1, -0.05) is 12.1 Å². The molecule has 3 rings (SSSR count). The monoisotopic (exact) mass is 359 g/mol. The van der Waals surface area contributed by atoms with Crippen LogP contribution in [0.15, 0.2) is 48.9 Å². The molecule has 130 valence electrons. The highest BCUT2D eigenvalue weighted by Crippen LogP contribution is 2.22. The number of benzene rings is 1. The molecule has 1 amide bonds. The number of sulfonamides is 1. The number of aromatic nitrogens is 3. The van der Waals surface area contributed by atoms with Gasteiger partial charge < -0.3 is 5.32 Å². The molecule has 0 aliphatic rings. The average Bonchev–Trinajstić information content (AvgIpc) is 2.98. The van der Waals surface area contributed by atoms with Crippen molar-refractivity contribution in [1.29, 1.82) is 0 Å². The number of rotatable bonds is 5. The largest absolute Gasteiger partial charge is 0.325 e. The van der Waals surface area contributed by atoms with Crippen LogP contribution < -0.4 is 5.32 Å². The van der Waals surface area contributed by atoms with E-state index in [1.807, 2.05) is 28.9 Å². The van der Waals surface area contributed by atoms with Crippen LogP contribution in [0.25, 0.3) is 17.0 Å². The van der Waals surface area contributed by atoms with Crippen LogP contribution in [0.1, 0.15) is 0 Å². The molecule has 0 atom stereocenters. The molecule has 0 saturated heterocycles. The lowest BCUT2D eigenvalue weighted by molar-refractivity contribution is -0.116. The van der Waals surface area contributed by atoms with Crippen molar-refractivity contribution in [3.8, 4) is 11.3 Å². The minimum Gasteiger partial charge on any atom is -0.325 e. The number of imidazole rings is 1. The molecule has 25 heavy (non-hydrogen) atoms. The summed E-state index contributed by atoms with van der Waals surface area (Å²) in [6.45, 7) is -0.249. The zero-order chi connectivity index (χ0) is 18.0. The van der Waals surface area contributed by atoms with Gasteiger partial charge in [-0.25, -0.2) is 18.4 Å². The number of amides is 1. The molecule has 2 heterocycles. The second-order valence-corrected chi connectivity index (χ2v) is 7.69. The minimum absolute atomic E-state index is 0.249. The van der Waals surface area contributed by atoms with Gasteiger partial charge in [0, 0.05) is 36.9 Å². The summed E-state index contributed by atoms with van der Waals surface area (Å²) in [7, 11) is -2.05. The molecule has 3 aromatic rings. The van der Waals surface area contributed by atoms with Crippen LogP contribution in [0.4, 0.5) is 5.69 Å². The van der Waals surface area contributed by atoms with Gasteiger partial charge >= 0.3 is 0 Å². The molecule has 9 heteroatoms. The minimum atomic E-state index is -3.40. The molecule has 0 fully saturated rings. The molecule has 0 aliphatic heterocycles. The summed E-state index contributed by atoms with van der Waals surface area (Å²) in [5.74, 6) is 0.170. The Hall–Kier alpha value is -2.78. The summed E-state index contributed by atoms with van der Waals surface area (Å²) in [6, 6.07) is 8.99. The van der Waals surface area contributed by atoms with Gasteiger partial charge in [-0.2, -0.15) is 4.31 Å². The highest BCUT2D eigenvalue weighted by molar-refractivity contribution is 7.88. The van der Waals surface area contributed by atoms with Crippen molar-refractivity contribution in [3.63, 3.8) is 0 Å². The molecule has 0 bridgehead atoms. The number of likely N-dealkylation sites (N-methyl/N-ethyl adjacent to an activating group) is 1. The summed E-state index contributed by atoms with van der Waals surface area (Å²) in [5.41, 5.74) is 2.11. The highest BCUT2D eigenvalue weighted by Gasteiger charge is 2.15. The maximum atomic E-state index is 12.0. The van der Waals surface area contributed by atoms with Crippen molar-refractivity contribution in [3.05, 3.63) is 48.9 Å². The fraction of sp³-hybridized carbons (Fsp3) is 0.188. The number of nitrogens with one attached hydrogen (secondary N) is 1. The maximum absolute atomic E-state index is 12.0. The summed E-state index contributed by atoms with van der Waals surface area (Å²) in [5, 5.41) is 2.69. The quantitative estimate of drug-likeness (QED) is 0.739. The molecule has 0 aliphatic carbocycles. The molecule has 1 N–H and O–H groups in total. The van der Waals surface area contributed by atoms with E-state index in [9.17, 15) is 13.2 Å². The van der Waals surface area contributed by atoms with Crippen molar-refractivity contribution < 1.29 is 13.2 Å². The number of anilines is 1. The van der Waals surface area contributed by atoms with Crippen molar-refractivity contribution >= 4 is 27.4 Å². The predicted octanol–water partition coefficient (Wildman–Crippen LogP) is 1.23. The highest BCUT2D eigenvalue weighted by atomic mass is 32.2. The molecular formula is C16H17N5O3S. The average molecular weight is 359 g/mol. The molecule has 0 saturated carbocycles. The lowest BCUT2D eigenvalue weighted by Crippen LogP contribution is -2.34. The molecule has 0 unspecified atom stereocenters. The van der Waals surface area contributed by atoms with Crippen LogP contribution in [0.5, 0.6) is 0 Å². The summed E-state index contributed by atoms with van der Waals surface area (Å²) < 4.78 is 25.5. The van der Waals surface area contributed by atoms with Crippen LogP contribution >= 0.6 is 0 Å². The second-order valence-electron chi connectivity index (χ2n) is 5.60. The second kappa shape index (κ2) is 6.61. The first-order valence-electron chi connectivity index (χ1n) is 7.44. The van der Waals surface area contributed by atoms with Crippen molar-refractivity contribution in [1.82, 2.24) is 18.7 Å². The van der Waals surface area contributed by atoms with Crippen LogP contribution in [0.2, 0.25) is 0 Å². The van der Waals surface area contributed by atoms with Gasteiger partial charge in [0.05, 0.1) is 18.5 Å². The van der Waals surface area contributed by atoms with Crippen LogP contribution in [0.3, 0.4) is 0 Å². The molecule has 8 nitrogen and oxygen atoms in total. The van der Waals surface area contributed by atoms with E-state index < -0.39 is 15.9 Å². The summed E-state index contributed by atoms with van der Waals surface area (Å²) >= 11 is 0. The van der Waals surface area contributed by atoms with Crippen LogP contribution in [-0.4, -0.2) is 52.8 Å². The Bertz CT molecular complexity index is 996. The van der Waals surface area contributed by atoms with Crippen LogP contribution in [-0.2, 0) is 14.8 Å². The zero-order valence-corrected chi connectivity index (χ0v) is 14.6. The first kappa shape index (κ1) is 17.1. The smallest absolute Gasteiger partial charge is 0.239 e. The van der Waals surface area contributed by atoms with Gasteiger partial charge in [-0.05, 0) is 18.2 Å². The van der Waals surface area contributed by atoms with E-state index in [1.165, 1.54) is 7.05 Å². The third-order valence-corrected chi connectivity index (χ3v) is 4.87. The van der Waals surface area contributed by atoms with E-state index in [4.69, 9.17) is 0 Å². The Balaban J connectivity index is 1.78. The van der Waals surface area contributed by atoms with Gasteiger partial charge in [0.25, 0.3) is 0 Å². The molecule has 2 aromatic heterocycles. The third-order valence-electron chi connectivity index (χ3n) is 3.61. The topological polar surface area (TPSA) is 96.7 Å². The van der Waals surface area contributed by atoms with E-state index in [0.29, 0.717) is 11.5 Å². The standard InChI is InChI=1S/C16H17N5O3S/c1-20(25(2,23)24)11-15(22)18-13-6-3-5-12(9-13)14-10-21-8-4-7-17-16(21)19-14/h3-10H,11H2,1-2H3,(H,18,22). The lowest BCUT2D eigenvalue weighted by atomic mass is 10.1. The number of carbonyl (C=O) groups excluding carboxylic acids is 1. The van der Waals surface area contributed by atoms with E-state index in [2.05, 4.69) is 15.3 Å². The Labute approximate surface area is 145 Å². The number of hydrogen-bond donors (Lipinski definition) is 1. The molecule has 0 spiro atoms. The van der Waals surface area contributed by atoms with Gasteiger partial charge in [-0.15, -0.1) is 0 Å². The van der Waals surface area contributed by atoms with E-state index in [0.717, 1.165) is 21.8 Å². The zero-order valence-electron chi connectivity index (χ0n) is 13.7. The SMILES string of the molecule is CN(CC(=O)Nc1cccc(-c2cn3cccnc3n2)c1)S(C)(=O)=O. The third kappa shape index (κ3) is 4.01. The number of hydrogen-bond acceptors (Lipinski definition) is 5. The van der Waals surface area contributed by atoms with Crippen molar-refractivity contribution in [2.24, 2.45) is 0 Å². The van der Waals surface area contributed by atoms with Gasteiger partial charge in [0.15, 0.2) is 0 Å². The lowest BCUT2D eigenvalue weighted by Gasteiger charge is -2.13. The maximum Gasteiger partial charge on any atom is 0.239 e. The molecular weight excluding hydrogens is 342 g/mol. The Morgan fingerprint density at radius 3 is 2.84 bits per heavy atom. The number of carbonyl (C=O) groups is 1. The van der Waals surface area contributed by atoms with E-state index >= 15 is 0 Å². The number of fused-ring (bicyclic) bond motifs is 1. The predicted molar refractivity (Wildman–Crippen MR) is 94.5 cm³/mol. The van der Waals surface area contributed by atoms with Gasteiger partial charge in [0.1, 0.15) is 0 Å². The van der Waals surface area contributed by atoms with Crippen LogP contribution in [0, 0.1) is 0 Å². The van der Waals surface area contributed by atoms with Gasteiger partial charge in [0.2, 0.25) is 21.7 Å². The summed E-state index contributed by atoms with van der Waals surface area (Å²) in [4.78, 5) is 20.6.